The van der Waals surface area contributed by atoms with Crippen LogP contribution in [-0.4, -0.2) is 91.0 Å². The van der Waals surface area contributed by atoms with Gasteiger partial charge >= 0.3 is 12.3 Å². The maximum atomic E-state index is 14.1. The van der Waals surface area contributed by atoms with Crippen molar-refractivity contribution in [3.63, 3.8) is 0 Å². The molecule has 44 heavy (non-hydrogen) atoms. The van der Waals surface area contributed by atoms with Gasteiger partial charge in [-0.05, 0) is 55.5 Å². The molecule has 2 aliphatic heterocycles. The number of nitrogens with zero attached hydrogens (tertiary/aromatic N) is 5. The number of alkyl halides is 3. The monoisotopic (exact) mass is 652 g/mol. The summed E-state index contributed by atoms with van der Waals surface area (Å²) in [5, 5.41) is 12.5. The van der Waals surface area contributed by atoms with E-state index >= 15 is 0 Å². The van der Waals surface area contributed by atoms with Gasteiger partial charge in [0.05, 0.1) is 21.2 Å². The summed E-state index contributed by atoms with van der Waals surface area (Å²) < 4.78 is 63.8. The lowest BCUT2D eigenvalue weighted by Gasteiger charge is -2.39. The largest absolute Gasteiger partial charge is 0.465 e. The highest BCUT2D eigenvalue weighted by atomic mass is 32.3. The second-order valence-electron chi connectivity index (χ2n) is 11.3. The Balaban J connectivity index is 1.34. The minimum Gasteiger partial charge on any atom is -0.465 e. The fourth-order valence-electron chi connectivity index (χ4n) is 5.56. The van der Waals surface area contributed by atoms with Crippen molar-refractivity contribution in [2.45, 2.75) is 42.8 Å². The molecular weight excluding hydrogens is 621 g/mol. The number of halogens is 3. The normalized spacial score (nSPS) is 21.1. The lowest BCUT2D eigenvalue weighted by Crippen LogP contribution is -2.53. The lowest BCUT2D eigenvalue weighted by molar-refractivity contribution is -0.137. The van der Waals surface area contributed by atoms with Crippen molar-refractivity contribution < 1.29 is 37.0 Å². The Morgan fingerprint density at radius 2 is 1.91 bits per heavy atom. The number of piperazine rings is 1. The molecule has 236 valence electrons. The van der Waals surface area contributed by atoms with E-state index < -0.39 is 40.0 Å². The van der Waals surface area contributed by atoms with Gasteiger partial charge in [0.2, 0.25) is 5.95 Å². The summed E-state index contributed by atoms with van der Waals surface area (Å²) in [6, 6.07) is 6.77. The number of hydrogen-bond acceptors (Lipinski definition) is 9. The number of thiophene rings is 1. The molecular formula is C28H31F3N6O5S2. The first-order valence-electron chi connectivity index (χ1n) is 14.0. The number of rotatable bonds is 5. The average molecular weight is 653 g/mol. The number of hydrogen-bond donors (Lipinski definition) is 4. The molecule has 4 N–H and O–H groups in total. The highest BCUT2D eigenvalue weighted by Crippen LogP contribution is 2.55. The SMILES string of the molecule is CC1CN(c2ccc(Nc3ncc(C(F)(F)F)c(-c4cc5c(s4)C(=O)N(C)CCS5(O)O)n3)c(C3CC3)c2)CCN1C(=O)O. The smallest absolute Gasteiger partial charge is 0.420 e. The van der Waals surface area contributed by atoms with Gasteiger partial charge in [-0.3, -0.25) is 13.9 Å². The first-order chi connectivity index (χ1) is 20.7. The van der Waals surface area contributed by atoms with Crippen LogP contribution in [-0.2, 0) is 6.18 Å². The van der Waals surface area contributed by atoms with Gasteiger partial charge in [-0.2, -0.15) is 23.8 Å². The molecule has 1 unspecified atom stereocenters. The molecule has 0 spiro atoms. The molecule has 4 heterocycles. The summed E-state index contributed by atoms with van der Waals surface area (Å²) in [6.45, 7) is 3.40. The van der Waals surface area contributed by atoms with Gasteiger partial charge in [0.1, 0.15) is 10.4 Å². The van der Waals surface area contributed by atoms with Crippen LogP contribution in [0.15, 0.2) is 35.4 Å². The Kier molecular flexibility index (Phi) is 7.66. The van der Waals surface area contributed by atoms with Gasteiger partial charge in [0, 0.05) is 56.8 Å². The van der Waals surface area contributed by atoms with Gasteiger partial charge in [-0.25, -0.2) is 14.8 Å². The Hall–Kier alpha value is -3.60. The summed E-state index contributed by atoms with van der Waals surface area (Å²) in [7, 11) is -1.90. The molecule has 1 saturated heterocycles. The maximum Gasteiger partial charge on any atom is 0.420 e. The molecule has 1 atom stereocenters. The summed E-state index contributed by atoms with van der Waals surface area (Å²) in [5.74, 6) is -0.437. The predicted octanol–water partition coefficient (Wildman–Crippen LogP) is 6.23. The Bertz CT molecular complexity index is 1630. The fourth-order valence-corrected chi connectivity index (χ4v) is 8.65. The topological polar surface area (TPSA) is 142 Å². The van der Waals surface area contributed by atoms with Gasteiger partial charge in [0.15, 0.2) is 0 Å². The summed E-state index contributed by atoms with van der Waals surface area (Å²) >= 11 is 0.745. The van der Waals surface area contributed by atoms with Crippen LogP contribution in [0, 0.1) is 0 Å². The Morgan fingerprint density at radius 3 is 2.57 bits per heavy atom. The van der Waals surface area contributed by atoms with Crippen molar-refractivity contribution in [1.82, 2.24) is 19.8 Å². The van der Waals surface area contributed by atoms with Crippen LogP contribution in [0.5, 0.6) is 0 Å². The first-order valence-corrected chi connectivity index (χ1v) is 16.5. The fraction of sp³-hybridized carbons (Fsp3) is 0.429. The number of carboxylic acid groups (broad SMARTS) is 1. The maximum absolute atomic E-state index is 14.1. The summed E-state index contributed by atoms with van der Waals surface area (Å²) in [4.78, 5) is 37.3. The molecule has 16 heteroatoms. The molecule has 3 aromatic rings. The standard InChI is InChI=1S/C28H31F3N6O5S2/c1-15-14-36(7-8-37(15)27(39)40)17-5-6-20(18(11-17)16-3-4-16)33-26-32-13-19(28(29,30)31)23(34-26)21-12-22-24(43-21)25(38)35(2)9-10-44(22,41)42/h5-6,11-13,15-16,41-42H,3-4,7-10,14H2,1-2H3,(H,39,40)(H,32,33,34). The van der Waals surface area contributed by atoms with Crippen molar-refractivity contribution in [3.8, 4) is 10.6 Å². The molecule has 1 aliphatic carbocycles. The van der Waals surface area contributed by atoms with Crippen LogP contribution >= 0.6 is 21.9 Å². The molecule has 1 saturated carbocycles. The molecule has 2 amide bonds. The molecule has 11 nitrogen and oxygen atoms in total. The van der Waals surface area contributed by atoms with E-state index in [1.807, 2.05) is 25.1 Å². The van der Waals surface area contributed by atoms with E-state index in [1.54, 1.807) is 0 Å². The zero-order valence-electron chi connectivity index (χ0n) is 23.8. The minimum atomic E-state index is -4.80. The number of benzene rings is 1. The van der Waals surface area contributed by atoms with Crippen molar-refractivity contribution in [1.29, 1.82) is 0 Å². The van der Waals surface area contributed by atoms with Crippen molar-refractivity contribution in [3.05, 3.63) is 46.5 Å². The third kappa shape index (κ3) is 5.78. The number of anilines is 3. The molecule has 1 aromatic carbocycles. The van der Waals surface area contributed by atoms with E-state index in [0.717, 1.165) is 35.4 Å². The second-order valence-corrected chi connectivity index (χ2v) is 14.5. The highest BCUT2D eigenvalue weighted by Gasteiger charge is 2.39. The highest BCUT2D eigenvalue weighted by molar-refractivity contribution is 8.24. The zero-order chi connectivity index (χ0) is 31.6. The lowest BCUT2D eigenvalue weighted by atomic mass is 10.1. The number of carbonyl (C=O) groups is 2. The molecule has 6 rings (SSSR count). The average Bonchev–Trinajstić information content (AvgIpc) is 3.72. The van der Waals surface area contributed by atoms with Crippen LogP contribution in [0.1, 0.15) is 46.5 Å². The van der Waals surface area contributed by atoms with Gasteiger partial charge < -0.3 is 25.1 Å². The molecule has 2 aromatic heterocycles. The number of fused-ring (bicyclic) bond motifs is 1. The molecule has 2 fully saturated rings. The van der Waals surface area contributed by atoms with Crippen LogP contribution in [0.2, 0.25) is 0 Å². The minimum absolute atomic E-state index is 0.0219. The quantitative estimate of drug-likeness (QED) is 0.252. The van der Waals surface area contributed by atoms with E-state index in [9.17, 15) is 37.0 Å². The van der Waals surface area contributed by atoms with Crippen LogP contribution in [0.3, 0.4) is 0 Å². The summed E-state index contributed by atoms with van der Waals surface area (Å²) in [6.07, 6.45) is -3.15. The third-order valence-electron chi connectivity index (χ3n) is 8.17. The van der Waals surface area contributed by atoms with Crippen LogP contribution < -0.4 is 10.2 Å². The van der Waals surface area contributed by atoms with Crippen molar-refractivity contribution >= 4 is 51.3 Å². The third-order valence-corrected chi connectivity index (χ3v) is 11.2. The van der Waals surface area contributed by atoms with E-state index in [-0.39, 0.29) is 44.9 Å². The van der Waals surface area contributed by atoms with Gasteiger partial charge in [0.25, 0.3) is 5.91 Å². The van der Waals surface area contributed by atoms with Crippen LogP contribution in [0.4, 0.5) is 35.3 Å². The van der Waals surface area contributed by atoms with Crippen molar-refractivity contribution in [2.24, 2.45) is 0 Å². The molecule has 0 bridgehead atoms. The van der Waals surface area contributed by atoms with E-state index in [4.69, 9.17) is 0 Å². The van der Waals surface area contributed by atoms with Crippen LogP contribution in [0.25, 0.3) is 10.6 Å². The van der Waals surface area contributed by atoms with E-state index in [0.29, 0.717) is 31.5 Å². The predicted molar refractivity (Wildman–Crippen MR) is 161 cm³/mol. The molecule has 0 radical (unpaired) electrons. The van der Waals surface area contributed by atoms with E-state index in [2.05, 4.69) is 20.2 Å². The van der Waals surface area contributed by atoms with E-state index in [1.165, 1.54) is 22.9 Å². The van der Waals surface area contributed by atoms with Crippen molar-refractivity contribution in [2.75, 3.05) is 49.2 Å². The second kappa shape index (κ2) is 11.1. The Labute approximate surface area is 256 Å². The zero-order valence-corrected chi connectivity index (χ0v) is 25.5. The van der Waals surface area contributed by atoms with Gasteiger partial charge in [-0.15, -0.1) is 11.3 Å². The first kappa shape index (κ1) is 30.4. The number of nitrogens with one attached hydrogen (secondary N) is 1. The summed E-state index contributed by atoms with van der Waals surface area (Å²) in [5.41, 5.74) is 0.966. The van der Waals surface area contributed by atoms with Gasteiger partial charge in [-0.1, -0.05) is 0 Å². The molecule has 3 aliphatic rings. The number of carbonyl (C=O) groups excluding carboxylic acids is 1. The number of aromatic nitrogens is 2. The number of amides is 2. The Morgan fingerprint density at radius 1 is 1.16 bits per heavy atom.